The van der Waals surface area contributed by atoms with E-state index in [1.54, 1.807) is 11.8 Å². The Balaban J connectivity index is 1.50. The number of amides is 2. The molecule has 5 heteroatoms. The Hall–Kier alpha value is -2.27. The van der Waals surface area contributed by atoms with Crippen LogP contribution >= 0.6 is 11.8 Å². The molecule has 2 amide bonds. The third-order valence-electron chi connectivity index (χ3n) is 6.40. The van der Waals surface area contributed by atoms with Crippen LogP contribution in [-0.2, 0) is 9.59 Å². The van der Waals surface area contributed by atoms with Crippen LogP contribution in [0.15, 0.2) is 48.5 Å². The van der Waals surface area contributed by atoms with Crippen LogP contribution < -0.4 is 10.2 Å². The highest BCUT2D eigenvalue weighted by Crippen LogP contribution is 2.44. The lowest BCUT2D eigenvalue weighted by atomic mass is 10.00. The van der Waals surface area contributed by atoms with E-state index in [2.05, 4.69) is 31.3 Å². The fourth-order valence-corrected chi connectivity index (χ4v) is 5.91. The number of anilines is 2. The third kappa shape index (κ3) is 5.15. The van der Waals surface area contributed by atoms with Gasteiger partial charge in [0.15, 0.2) is 0 Å². The van der Waals surface area contributed by atoms with Gasteiger partial charge in [-0.2, -0.15) is 0 Å². The number of hydrogen-bond acceptors (Lipinski definition) is 3. The van der Waals surface area contributed by atoms with E-state index in [9.17, 15) is 9.59 Å². The second-order valence-electron chi connectivity index (χ2n) is 9.00. The van der Waals surface area contributed by atoms with Crippen molar-refractivity contribution in [1.29, 1.82) is 0 Å². The summed E-state index contributed by atoms with van der Waals surface area (Å²) in [5.74, 6) is 1.73. The Morgan fingerprint density at radius 1 is 1.13 bits per heavy atom. The summed E-state index contributed by atoms with van der Waals surface area (Å²) in [7, 11) is 0. The van der Waals surface area contributed by atoms with Gasteiger partial charge in [-0.25, -0.2) is 0 Å². The van der Waals surface area contributed by atoms with E-state index < -0.39 is 0 Å². The van der Waals surface area contributed by atoms with Crippen molar-refractivity contribution in [3.05, 3.63) is 59.7 Å². The van der Waals surface area contributed by atoms with E-state index in [0.717, 1.165) is 23.4 Å². The Morgan fingerprint density at radius 2 is 1.90 bits per heavy atom. The van der Waals surface area contributed by atoms with Crippen molar-refractivity contribution in [2.45, 2.75) is 63.7 Å². The number of benzene rings is 2. The first-order valence-corrected chi connectivity index (χ1v) is 12.5. The molecule has 1 saturated heterocycles. The van der Waals surface area contributed by atoms with Crippen LogP contribution in [0.1, 0.15) is 74.8 Å². The molecule has 1 atom stereocenters. The van der Waals surface area contributed by atoms with Crippen LogP contribution in [0.25, 0.3) is 0 Å². The molecule has 1 N–H and O–H groups in total. The number of para-hydroxylation sites is 1. The zero-order chi connectivity index (χ0) is 21.8. The summed E-state index contributed by atoms with van der Waals surface area (Å²) in [5.41, 5.74) is 4.03. The number of carbonyl (C=O) groups is 2. The highest BCUT2D eigenvalue weighted by molar-refractivity contribution is 8.00. The third-order valence-corrected chi connectivity index (χ3v) is 7.61. The van der Waals surface area contributed by atoms with Gasteiger partial charge < -0.3 is 5.32 Å². The van der Waals surface area contributed by atoms with E-state index in [1.165, 1.54) is 31.2 Å². The molecule has 164 valence electrons. The Kier molecular flexibility index (Phi) is 7.01. The lowest BCUT2D eigenvalue weighted by Gasteiger charge is -2.28. The van der Waals surface area contributed by atoms with Crippen molar-refractivity contribution >= 4 is 35.0 Å². The molecule has 1 saturated carbocycles. The van der Waals surface area contributed by atoms with Gasteiger partial charge in [0, 0.05) is 17.8 Å². The largest absolute Gasteiger partial charge is 0.326 e. The fourth-order valence-electron chi connectivity index (χ4n) is 4.75. The predicted octanol–water partition coefficient (Wildman–Crippen LogP) is 6.50. The molecule has 0 aromatic heterocycles. The van der Waals surface area contributed by atoms with Crippen molar-refractivity contribution in [3.8, 4) is 0 Å². The molecule has 0 radical (unpaired) electrons. The number of nitrogens with zero attached hydrogens (tertiary/aromatic N) is 1. The molecule has 0 bridgehead atoms. The normalized spacial score (nSPS) is 19.4. The topological polar surface area (TPSA) is 49.4 Å². The molecule has 0 spiro atoms. The molecular formula is C26H32N2O2S. The minimum absolute atomic E-state index is 0.0808. The lowest BCUT2D eigenvalue weighted by Crippen LogP contribution is -2.29. The molecule has 1 unspecified atom stereocenters. The number of rotatable bonds is 7. The van der Waals surface area contributed by atoms with Gasteiger partial charge in [-0.05, 0) is 47.6 Å². The lowest BCUT2D eigenvalue weighted by molar-refractivity contribution is -0.117. The zero-order valence-electron chi connectivity index (χ0n) is 18.5. The van der Waals surface area contributed by atoms with Gasteiger partial charge in [0.1, 0.15) is 5.37 Å². The first-order valence-electron chi connectivity index (χ1n) is 11.5. The molecule has 1 aliphatic carbocycles. The summed E-state index contributed by atoms with van der Waals surface area (Å²) in [6, 6.07) is 16.2. The van der Waals surface area contributed by atoms with Gasteiger partial charge in [0.2, 0.25) is 11.8 Å². The van der Waals surface area contributed by atoms with E-state index >= 15 is 0 Å². The molecule has 4 nitrogen and oxygen atoms in total. The van der Waals surface area contributed by atoms with Gasteiger partial charge in [-0.15, -0.1) is 11.8 Å². The standard InChI is InChI=1S/C26H32N2O2S/c1-18(2)22-12-5-6-13-23(22)28-25(30)17-31-26(28)20-10-7-11-21(16-20)27-24(29)15-14-19-8-3-4-9-19/h5-7,10-13,16,18-19,26H,3-4,8-9,14-15,17H2,1-2H3,(H,27,29). The molecule has 2 aromatic carbocycles. The van der Waals surface area contributed by atoms with E-state index in [4.69, 9.17) is 0 Å². The smallest absolute Gasteiger partial charge is 0.238 e. The molecule has 1 aliphatic heterocycles. The number of hydrogen-bond donors (Lipinski definition) is 1. The molecule has 2 aromatic rings. The predicted molar refractivity (Wildman–Crippen MR) is 129 cm³/mol. The van der Waals surface area contributed by atoms with Crippen LogP contribution in [0, 0.1) is 5.92 Å². The highest BCUT2D eigenvalue weighted by atomic mass is 32.2. The molecule has 31 heavy (non-hydrogen) atoms. The average Bonchev–Trinajstić information content (AvgIpc) is 3.42. The maximum absolute atomic E-state index is 12.8. The van der Waals surface area contributed by atoms with Crippen LogP contribution in [0.5, 0.6) is 0 Å². The molecular weight excluding hydrogens is 404 g/mol. The van der Waals surface area contributed by atoms with Gasteiger partial charge >= 0.3 is 0 Å². The minimum atomic E-state index is -0.0808. The van der Waals surface area contributed by atoms with Crippen molar-refractivity contribution in [3.63, 3.8) is 0 Å². The summed E-state index contributed by atoms with van der Waals surface area (Å²) in [6.07, 6.45) is 6.72. The van der Waals surface area contributed by atoms with Crippen LogP contribution in [0.4, 0.5) is 11.4 Å². The van der Waals surface area contributed by atoms with Crippen LogP contribution in [0.2, 0.25) is 0 Å². The Labute approximate surface area is 189 Å². The molecule has 2 aliphatic rings. The summed E-state index contributed by atoms with van der Waals surface area (Å²) in [4.78, 5) is 27.3. The maximum atomic E-state index is 12.8. The van der Waals surface area contributed by atoms with Gasteiger partial charge in [-0.3, -0.25) is 14.5 Å². The van der Waals surface area contributed by atoms with E-state index in [-0.39, 0.29) is 17.2 Å². The second kappa shape index (κ2) is 9.90. The fraction of sp³-hybridized carbons (Fsp3) is 0.462. The number of thioether (sulfide) groups is 1. The van der Waals surface area contributed by atoms with Crippen molar-refractivity contribution in [2.75, 3.05) is 16.0 Å². The van der Waals surface area contributed by atoms with E-state index in [0.29, 0.717) is 24.0 Å². The van der Waals surface area contributed by atoms with Gasteiger partial charge in [0.25, 0.3) is 0 Å². The van der Waals surface area contributed by atoms with Gasteiger partial charge in [0.05, 0.1) is 5.75 Å². The monoisotopic (exact) mass is 436 g/mol. The molecule has 2 fully saturated rings. The highest BCUT2D eigenvalue weighted by Gasteiger charge is 2.35. The second-order valence-corrected chi connectivity index (χ2v) is 10.1. The number of nitrogens with one attached hydrogen (secondary N) is 1. The molecule has 4 rings (SSSR count). The van der Waals surface area contributed by atoms with Crippen molar-refractivity contribution in [1.82, 2.24) is 0 Å². The summed E-state index contributed by atoms with van der Waals surface area (Å²) in [6.45, 7) is 4.31. The zero-order valence-corrected chi connectivity index (χ0v) is 19.3. The number of carbonyl (C=O) groups excluding carboxylic acids is 2. The maximum Gasteiger partial charge on any atom is 0.238 e. The van der Waals surface area contributed by atoms with Crippen LogP contribution in [-0.4, -0.2) is 17.6 Å². The summed E-state index contributed by atoms with van der Waals surface area (Å²) < 4.78 is 0. The summed E-state index contributed by atoms with van der Waals surface area (Å²) in [5, 5.41) is 2.99. The van der Waals surface area contributed by atoms with Crippen molar-refractivity contribution < 1.29 is 9.59 Å². The summed E-state index contributed by atoms with van der Waals surface area (Å²) >= 11 is 1.65. The van der Waals surface area contributed by atoms with Crippen molar-refractivity contribution in [2.24, 2.45) is 5.92 Å². The Bertz CT molecular complexity index is 937. The van der Waals surface area contributed by atoms with Gasteiger partial charge in [-0.1, -0.05) is 69.9 Å². The quantitative estimate of drug-likeness (QED) is 0.539. The Morgan fingerprint density at radius 3 is 2.68 bits per heavy atom. The first kappa shape index (κ1) is 21.9. The molecule has 1 heterocycles. The first-order chi connectivity index (χ1) is 15.0. The minimum Gasteiger partial charge on any atom is -0.326 e. The van der Waals surface area contributed by atoms with Crippen LogP contribution in [0.3, 0.4) is 0 Å². The average molecular weight is 437 g/mol. The van der Waals surface area contributed by atoms with E-state index in [1.807, 2.05) is 41.3 Å². The SMILES string of the molecule is CC(C)c1ccccc1N1C(=O)CSC1c1cccc(NC(=O)CCC2CCCC2)c1.